The van der Waals surface area contributed by atoms with Crippen molar-refractivity contribution in [3.8, 4) is 0 Å². The van der Waals surface area contributed by atoms with Crippen LogP contribution in [0.25, 0.3) is 11.1 Å². The van der Waals surface area contributed by atoms with Crippen molar-refractivity contribution in [1.29, 1.82) is 0 Å². The van der Waals surface area contributed by atoms with Gasteiger partial charge in [-0.25, -0.2) is 13.8 Å². The number of rotatable bonds is 11. The number of carboxylic acid groups (broad SMARTS) is 1. The number of ether oxygens (including phenoxy) is 1. The molecule has 1 aliphatic heterocycles. The molecule has 0 spiro atoms. The van der Waals surface area contributed by atoms with Gasteiger partial charge in [0.15, 0.2) is 17.2 Å². The molecule has 2 aromatic carbocycles. The zero-order chi connectivity index (χ0) is 28.4. The second-order valence-electron chi connectivity index (χ2n) is 9.77. The third-order valence-electron chi connectivity index (χ3n) is 6.78. The smallest absolute Gasteiger partial charge is 0.303 e. The number of hydrogen-bond acceptors (Lipinski definition) is 9. The minimum absolute atomic E-state index is 0.00798. The maximum absolute atomic E-state index is 15.3. The van der Waals surface area contributed by atoms with Crippen LogP contribution in [0.5, 0.6) is 0 Å². The van der Waals surface area contributed by atoms with E-state index in [1.54, 1.807) is 26.0 Å². The fraction of sp³-hybridized carbons (Fsp3) is 0.357. The van der Waals surface area contributed by atoms with Crippen LogP contribution in [0.2, 0.25) is 0 Å². The first-order valence-electron chi connectivity index (χ1n) is 12.9. The summed E-state index contributed by atoms with van der Waals surface area (Å²) < 4.78 is 46.0. The van der Waals surface area contributed by atoms with Crippen LogP contribution in [0.15, 0.2) is 45.4 Å². The van der Waals surface area contributed by atoms with E-state index in [1.807, 2.05) is 4.90 Å². The van der Waals surface area contributed by atoms with Crippen molar-refractivity contribution in [2.45, 2.75) is 51.7 Å². The van der Waals surface area contributed by atoms with E-state index in [1.165, 1.54) is 24.4 Å². The highest BCUT2D eigenvalue weighted by molar-refractivity contribution is 5.86. The number of oxazole rings is 2. The summed E-state index contributed by atoms with van der Waals surface area (Å²) in [6.07, 6.45) is 1.13. The number of carbonyl (C=O) groups excluding carboxylic acids is 1. The molecule has 0 amide bonds. The van der Waals surface area contributed by atoms with Gasteiger partial charge < -0.3 is 28.9 Å². The molecule has 3 heterocycles. The van der Waals surface area contributed by atoms with E-state index in [0.29, 0.717) is 37.0 Å². The molecule has 12 heteroatoms. The number of carbonyl (C=O) groups is 2. The average Bonchev–Trinajstić information content (AvgIpc) is 3.66. The summed E-state index contributed by atoms with van der Waals surface area (Å²) in [6, 6.07) is 7.68. The molecule has 1 unspecified atom stereocenters. The zero-order valence-electron chi connectivity index (χ0n) is 21.9. The Hall–Kier alpha value is -4.32. The first kappa shape index (κ1) is 27.3. The largest absolute Gasteiger partial charge is 0.481 e. The van der Waals surface area contributed by atoms with Gasteiger partial charge in [-0.05, 0) is 49.6 Å². The summed E-state index contributed by atoms with van der Waals surface area (Å²) in [6.45, 7) is 4.48. The number of fused-ring (bicyclic) bond motifs is 1. The number of benzene rings is 2. The normalized spacial score (nSPS) is 16.0. The van der Waals surface area contributed by atoms with Crippen molar-refractivity contribution in [3.05, 3.63) is 65.1 Å². The molecule has 10 nitrogen and oxygen atoms in total. The Morgan fingerprint density at radius 3 is 2.88 bits per heavy atom. The van der Waals surface area contributed by atoms with Gasteiger partial charge in [-0.2, -0.15) is 4.98 Å². The number of aryl methyl sites for hydroxylation is 2. The van der Waals surface area contributed by atoms with Crippen LogP contribution in [-0.4, -0.2) is 52.1 Å². The van der Waals surface area contributed by atoms with E-state index < -0.39 is 23.7 Å². The van der Waals surface area contributed by atoms with Gasteiger partial charge in [0.25, 0.3) is 12.0 Å². The Morgan fingerprint density at radius 2 is 2.08 bits per heavy atom. The maximum Gasteiger partial charge on any atom is 0.303 e. The molecule has 210 valence electrons. The minimum atomic E-state index is -0.912. The van der Waals surface area contributed by atoms with Gasteiger partial charge in [-0.15, -0.1) is 0 Å². The van der Waals surface area contributed by atoms with Crippen LogP contribution in [-0.2, 0) is 27.2 Å². The first-order valence-corrected chi connectivity index (χ1v) is 12.9. The van der Waals surface area contributed by atoms with Crippen molar-refractivity contribution < 1.29 is 37.0 Å². The second-order valence-corrected chi connectivity index (χ2v) is 9.77. The summed E-state index contributed by atoms with van der Waals surface area (Å²) >= 11 is 0. The Morgan fingerprint density at radius 1 is 1.25 bits per heavy atom. The second kappa shape index (κ2) is 11.4. The molecule has 0 aliphatic carbocycles. The molecule has 0 radical (unpaired) electrons. The van der Waals surface area contributed by atoms with Gasteiger partial charge in [-0.1, -0.05) is 12.1 Å². The number of ketones is 1. The van der Waals surface area contributed by atoms with Crippen LogP contribution in [0.1, 0.15) is 36.7 Å². The number of aliphatic carboxylic acids is 1. The molecule has 1 fully saturated rings. The number of nitrogens with zero attached hydrogens (tertiary/aromatic N) is 3. The SMILES string of the molecule is Cc1ccc(F)cc1Nc1nc2ccc(CC(=O)C(C)O[C@H]3CCN(c4ncc(CCC(=O)O)o4)C3)c(F)c2o1. The van der Waals surface area contributed by atoms with Gasteiger partial charge in [-0.3, -0.25) is 9.59 Å². The number of aromatic nitrogens is 2. The van der Waals surface area contributed by atoms with Gasteiger partial charge in [0.1, 0.15) is 23.2 Å². The van der Waals surface area contributed by atoms with E-state index >= 15 is 4.39 Å². The molecule has 1 saturated heterocycles. The minimum Gasteiger partial charge on any atom is -0.481 e. The molecule has 0 bridgehead atoms. The maximum atomic E-state index is 15.3. The summed E-state index contributed by atoms with van der Waals surface area (Å²) in [4.78, 5) is 34.0. The third-order valence-corrected chi connectivity index (χ3v) is 6.78. The highest BCUT2D eigenvalue weighted by Gasteiger charge is 2.30. The van der Waals surface area contributed by atoms with Crippen molar-refractivity contribution >= 4 is 40.6 Å². The quantitative estimate of drug-likeness (QED) is 0.262. The Bertz CT molecular complexity index is 1550. The molecule has 0 saturated carbocycles. The van der Waals surface area contributed by atoms with Gasteiger partial charge >= 0.3 is 5.97 Å². The standard InChI is InChI=1S/C28H28F2N4O6/c1-15-3-5-18(29)12-22(15)33-27-32-21-7-4-17(25(30)26(21)40-27)11-23(35)16(2)38-20-9-10-34(14-20)28-31-13-19(39-28)6-8-24(36)37/h3-5,7,12-13,16,20H,6,8-11,14H2,1-2H3,(H,32,33)(H,36,37)/t16?,20-/m0/s1. The number of anilines is 3. The van der Waals surface area contributed by atoms with E-state index in [4.69, 9.17) is 18.7 Å². The number of Topliss-reactive ketones (excluding diaryl/α,β-unsaturated/α-hetero) is 1. The van der Waals surface area contributed by atoms with Gasteiger partial charge in [0.2, 0.25) is 0 Å². The predicted octanol–water partition coefficient (Wildman–Crippen LogP) is 4.96. The number of hydrogen-bond donors (Lipinski definition) is 2. The molecule has 5 rings (SSSR count). The predicted molar refractivity (Wildman–Crippen MR) is 141 cm³/mol. The lowest BCUT2D eigenvalue weighted by atomic mass is 10.0. The summed E-state index contributed by atoms with van der Waals surface area (Å²) in [5.74, 6) is -1.84. The molecule has 4 aromatic rings. The summed E-state index contributed by atoms with van der Waals surface area (Å²) in [7, 11) is 0. The van der Waals surface area contributed by atoms with Crippen molar-refractivity contribution in [2.75, 3.05) is 23.3 Å². The molecular weight excluding hydrogens is 526 g/mol. The van der Waals surface area contributed by atoms with E-state index in [-0.39, 0.29) is 53.8 Å². The van der Waals surface area contributed by atoms with Crippen LogP contribution < -0.4 is 10.2 Å². The van der Waals surface area contributed by atoms with Gasteiger partial charge in [0, 0.05) is 31.6 Å². The van der Waals surface area contributed by atoms with E-state index in [9.17, 15) is 14.0 Å². The number of nitrogens with one attached hydrogen (secondary N) is 1. The van der Waals surface area contributed by atoms with Crippen LogP contribution in [0.3, 0.4) is 0 Å². The highest BCUT2D eigenvalue weighted by atomic mass is 19.1. The molecular formula is C28H28F2N4O6. The topological polar surface area (TPSA) is 131 Å². The fourth-order valence-corrected chi connectivity index (χ4v) is 4.53. The van der Waals surface area contributed by atoms with Crippen molar-refractivity contribution in [3.63, 3.8) is 0 Å². The van der Waals surface area contributed by atoms with Crippen LogP contribution in [0, 0.1) is 18.6 Å². The number of carboxylic acids is 1. The molecule has 2 N–H and O–H groups in total. The van der Waals surface area contributed by atoms with Crippen molar-refractivity contribution in [2.24, 2.45) is 0 Å². The van der Waals surface area contributed by atoms with Crippen molar-refractivity contribution in [1.82, 2.24) is 9.97 Å². The lowest BCUT2D eigenvalue weighted by Crippen LogP contribution is -2.30. The average molecular weight is 555 g/mol. The highest BCUT2D eigenvalue weighted by Crippen LogP contribution is 2.29. The first-order chi connectivity index (χ1) is 19.2. The van der Waals surface area contributed by atoms with E-state index in [2.05, 4.69) is 15.3 Å². The molecule has 40 heavy (non-hydrogen) atoms. The van der Waals surface area contributed by atoms with Crippen LogP contribution in [0.4, 0.5) is 26.5 Å². The molecule has 2 atom stereocenters. The number of halogens is 2. The Labute approximate surface area is 228 Å². The summed E-state index contributed by atoms with van der Waals surface area (Å²) in [5, 5.41) is 11.7. The fourth-order valence-electron chi connectivity index (χ4n) is 4.53. The summed E-state index contributed by atoms with van der Waals surface area (Å²) in [5.41, 5.74) is 1.52. The molecule has 1 aliphatic rings. The zero-order valence-corrected chi connectivity index (χ0v) is 21.9. The van der Waals surface area contributed by atoms with Crippen LogP contribution >= 0.6 is 0 Å². The van der Waals surface area contributed by atoms with E-state index in [0.717, 1.165) is 5.56 Å². The Balaban J connectivity index is 1.18. The lowest BCUT2D eigenvalue weighted by Gasteiger charge is -2.18. The monoisotopic (exact) mass is 554 g/mol. The molecule has 2 aromatic heterocycles. The Kier molecular flexibility index (Phi) is 7.78. The van der Waals surface area contributed by atoms with Gasteiger partial charge in [0.05, 0.1) is 18.7 Å². The lowest BCUT2D eigenvalue weighted by molar-refractivity contribution is -0.137. The third kappa shape index (κ3) is 6.12.